The van der Waals surface area contributed by atoms with Gasteiger partial charge in [-0.1, -0.05) is 107 Å². The summed E-state index contributed by atoms with van der Waals surface area (Å²) in [7, 11) is 0. The number of nitrogens with zero attached hydrogens (tertiary/aromatic N) is 2. The first-order valence-electron chi connectivity index (χ1n) is 20.9. The molecule has 0 aliphatic heterocycles. The molecule has 54 heavy (non-hydrogen) atoms. The molecule has 3 aromatic heterocycles. The van der Waals surface area contributed by atoms with Crippen LogP contribution in [0.25, 0.3) is 66.0 Å². The molecule has 4 heteroatoms. The van der Waals surface area contributed by atoms with Crippen molar-refractivity contribution < 1.29 is 31.4 Å². The molecular weight excluding hydrogens is 837 g/mol. The Balaban J connectivity index is 0.000000262. The first kappa shape index (κ1) is 31.7. The minimum absolute atomic E-state index is 0. The Hall–Kier alpha value is -4.63. The third kappa shape index (κ3) is 7.52. The van der Waals surface area contributed by atoms with Crippen LogP contribution >= 0.6 is 0 Å². The summed E-state index contributed by atoms with van der Waals surface area (Å²) < 4.78 is 49.1. The van der Waals surface area contributed by atoms with Gasteiger partial charge < -0.3 is 14.4 Å². The van der Waals surface area contributed by atoms with Crippen molar-refractivity contribution in [3.8, 4) is 22.5 Å². The number of rotatable bonds is 4. The van der Waals surface area contributed by atoms with Crippen molar-refractivity contribution in [2.24, 2.45) is 10.8 Å². The van der Waals surface area contributed by atoms with E-state index in [-0.39, 0.29) is 36.5 Å². The normalized spacial score (nSPS) is 17.7. The van der Waals surface area contributed by atoms with Gasteiger partial charge in [0.25, 0.3) is 0 Å². The van der Waals surface area contributed by atoms with Crippen LogP contribution in [0.3, 0.4) is 0 Å². The summed E-state index contributed by atoms with van der Waals surface area (Å²) >= 11 is 0. The second-order valence-corrected chi connectivity index (χ2v) is 16.3. The van der Waals surface area contributed by atoms with Crippen LogP contribution in [0.4, 0.5) is 0 Å². The monoisotopic (exact) mass is 890 g/mol. The van der Waals surface area contributed by atoms with Crippen molar-refractivity contribution >= 4 is 43.5 Å². The fourth-order valence-corrected chi connectivity index (χ4v) is 8.55. The van der Waals surface area contributed by atoms with Crippen LogP contribution in [0, 0.1) is 29.8 Å². The van der Waals surface area contributed by atoms with Crippen molar-refractivity contribution in [1.29, 1.82) is 0 Å². The van der Waals surface area contributed by atoms with Crippen molar-refractivity contribution in [2.45, 2.75) is 79.4 Å². The molecule has 3 nitrogen and oxygen atoms in total. The third-order valence-electron chi connectivity index (χ3n) is 10.5. The second kappa shape index (κ2) is 14.9. The summed E-state index contributed by atoms with van der Waals surface area (Å²) in [5.74, 6) is -1.65. The van der Waals surface area contributed by atoms with Crippen molar-refractivity contribution in [1.82, 2.24) is 9.97 Å². The molecule has 0 unspecified atom stereocenters. The van der Waals surface area contributed by atoms with Gasteiger partial charge in [-0.05, 0) is 110 Å². The Morgan fingerprint density at radius 3 is 2.24 bits per heavy atom. The largest absolute Gasteiger partial charge is 0.501 e. The second-order valence-electron chi connectivity index (χ2n) is 16.3. The number of hydrogen-bond acceptors (Lipinski definition) is 3. The number of aromatic nitrogens is 2. The maximum Gasteiger partial charge on any atom is 0.121 e. The zero-order valence-electron chi connectivity index (χ0n) is 36.7. The molecular formula is C50H48IrN2O-2. The first-order chi connectivity index (χ1) is 27.3. The Labute approximate surface area is 340 Å². The van der Waals surface area contributed by atoms with E-state index in [0.717, 1.165) is 50.4 Å². The van der Waals surface area contributed by atoms with E-state index in [2.05, 4.69) is 92.3 Å². The van der Waals surface area contributed by atoms with Crippen LogP contribution in [-0.2, 0) is 20.1 Å². The van der Waals surface area contributed by atoms with Gasteiger partial charge in [0.05, 0.1) is 5.58 Å². The van der Waals surface area contributed by atoms with Gasteiger partial charge in [0, 0.05) is 44.7 Å². The maximum absolute atomic E-state index is 9.74. The van der Waals surface area contributed by atoms with Crippen LogP contribution in [0.1, 0.15) is 96.1 Å². The Morgan fingerprint density at radius 1 is 0.759 bits per heavy atom. The SMILES string of the molecule is [2H]C(C)(C)c1ccc(-c2[c-]cccc2)nc1.[2H]C([2H])([2H])c1cnc(-c2[c-]ccc3c2oc2cc4c(ccc5ccccc54)cc23)cc1C1([2H])CC(C)(C)CC(C)(C)C1.[Ir]. The fraction of sp³-hybridized carbons (Fsp3) is 0.280. The zero-order valence-corrected chi connectivity index (χ0v) is 34.1. The molecule has 8 aromatic rings. The van der Waals surface area contributed by atoms with Crippen LogP contribution in [-0.4, -0.2) is 9.97 Å². The predicted octanol–water partition coefficient (Wildman–Crippen LogP) is 14.1. The quantitative estimate of drug-likeness (QED) is 0.131. The molecule has 0 atom stereocenters. The van der Waals surface area contributed by atoms with Gasteiger partial charge in [0.1, 0.15) is 5.58 Å². The first-order valence-corrected chi connectivity index (χ1v) is 18.4. The molecule has 3 heterocycles. The number of hydrogen-bond donors (Lipinski definition) is 0. The minimum atomic E-state index is -2.38. The topological polar surface area (TPSA) is 38.9 Å². The molecule has 1 saturated carbocycles. The summed E-state index contributed by atoms with van der Waals surface area (Å²) in [6.45, 7) is 10.1. The summed E-state index contributed by atoms with van der Waals surface area (Å²) in [6, 6.07) is 40.8. The standard InChI is InChI=1S/C36H34NO.C14H14N.Ir/c1-22-20-37-32(16-29(22)25-18-35(2,3)21-36(4,5)19-25)28-12-8-11-27-31-15-24-14-13-23-9-6-7-10-26(23)30(24)17-33(31)38-34(27)28;1-11(2)13-8-9-14(15-10-13)12-6-4-3-5-7-12;/h6-11,13-17,20,25H,18-19,21H2,1-5H3;3-6,8-11H,1-2H3;/q2*-1;/i1D3,25D;11D;. The summed E-state index contributed by atoms with van der Waals surface area (Å²) in [4.78, 5) is 9.02. The van der Waals surface area contributed by atoms with Crippen LogP contribution in [0.15, 0.2) is 120 Å². The summed E-state index contributed by atoms with van der Waals surface area (Å²) in [5, 5.41) is 6.59. The van der Waals surface area contributed by atoms with Gasteiger partial charge in [0.2, 0.25) is 0 Å². The number of fused-ring (bicyclic) bond motifs is 6. The molecule has 5 aromatic carbocycles. The van der Waals surface area contributed by atoms with E-state index in [0.29, 0.717) is 35.2 Å². The molecule has 0 amide bonds. The van der Waals surface area contributed by atoms with Gasteiger partial charge in [-0.15, -0.1) is 54.1 Å². The molecule has 9 rings (SSSR count). The van der Waals surface area contributed by atoms with Crippen molar-refractivity contribution in [3.63, 3.8) is 0 Å². The molecule has 1 radical (unpaired) electrons. The van der Waals surface area contributed by atoms with E-state index in [9.17, 15) is 1.37 Å². The van der Waals surface area contributed by atoms with E-state index in [1.54, 1.807) is 6.20 Å². The van der Waals surface area contributed by atoms with Gasteiger partial charge in [-0.25, -0.2) is 0 Å². The van der Waals surface area contributed by atoms with E-state index in [4.69, 9.17) is 9.90 Å². The van der Waals surface area contributed by atoms with Crippen LogP contribution < -0.4 is 0 Å². The molecule has 0 N–H and O–H groups in total. The summed E-state index contributed by atoms with van der Waals surface area (Å²) in [5.41, 5.74) is 5.98. The molecule has 0 spiro atoms. The maximum atomic E-state index is 9.74. The Bertz CT molecular complexity index is 2790. The van der Waals surface area contributed by atoms with E-state index >= 15 is 0 Å². The van der Waals surface area contributed by atoms with E-state index < -0.39 is 18.6 Å². The van der Waals surface area contributed by atoms with Crippen LogP contribution in [0.2, 0.25) is 0 Å². The number of benzene rings is 5. The van der Waals surface area contributed by atoms with Gasteiger partial charge in [-0.2, -0.15) is 0 Å². The fourth-order valence-electron chi connectivity index (χ4n) is 8.55. The van der Waals surface area contributed by atoms with Gasteiger partial charge in [0.15, 0.2) is 0 Å². The van der Waals surface area contributed by atoms with Gasteiger partial charge >= 0.3 is 0 Å². The average molecular weight is 890 g/mol. The van der Waals surface area contributed by atoms with E-state index in [1.165, 1.54) is 17.0 Å². The molecule has 275 valence electrons. The average Bonchev–Trinajstić information content (AvgIpc) is 3.53. The van der Waals surface area contributed by atoms with Crippen molar-refractivity contribution in [3.05, 3.63) is 144 Å². The van der Waals surface area contributed by atoms with Crippen LogP contribution in [0.5, 0.6) is 0 Å². The Kier molecular flexibility index (Phi) is 8.74. The molecule has 1 aliphatic carbocycles. The minimum Gasteiger partial charge on any atom is -0.501 e. The molecule has 0 bridgehead atoms. The third-order valence-corrected chi connectivity index (χ3v) is 10.5. The molecule has 1 fully saturated rings. The molecule has 1 aliphatic rings. The number of aryl methyl sites for hydroxylation is 1. The van der Waals surface area contributed by atoms with E-state index in [1.807, 2.05) is 74.5 Å². The molecule has 0 saturated heterocycles. The summed E-state index contributed by atoms with van der Waals surface area (Å²) in [6.07, 6.45) is 5.36. The van der Waals surface area contributed by atoms with Crippen molar-refractivity contribution in [2.75, 3.05) is 0 Å². The van der Waals surface area contributed by atoms with Gasteiger partial charge in [-0.3, -0.25) is 0 Å². The predicted molar refractivity (Wildman–Crippen MR) is 222 cm³/mol. The number of pyridine rings is 2. The number of furan rings is 1. The Morgan fingerprint density at radius 2 is 1.52 bits per heavy atom. The smallest absolute Gasteiger partial charge is 0.121 e. The zero-order chi connectivity index (χ0) is 41.3.